The first-order valence-electron chi connectivity index (χ1n) is 14.7. The minimum absolute atomic E-state index is 0.0228. The quantitative estimate of drug-likeness (QED) is 0.189. The molecule has 1 N–H and O–H groups in total. The lowest BCUT2D eigenvalue weighted by molar-refractivity contribution is -0.133. The highest BCUT2D eigenvalue weighted by Crippen LogP contribution is 2.32. The molecule has 4 rings (SSSR count). The van der Waals surface area contributed by atoms with Crippen molar-refractivity contribution in [1.29, 1.82) is 0 Å². The Morgan fingerprint density at radius 1 is 0.905 bits per heavy atom. The number of benzene rings is 3. The first-order valence-corrected chi connectivity index (χ1v) is 14.7. The zero-order valence-corrected chi connectivity index (χ0v) is 24.8. The van der Waals surface area contributed by atoms with Gasteiger partial charge in [0.15, 0.2) is 0 Å². The van der Waals surface area contributed by atoms with Gasteiger partial charge in [0.1, 0.15) is 24.0 Å². The zero-order valence-electron chi connectivity index (χ0n) is 24.8. The predicted molar refractivity (Wildman–Crippen MR) is 162 cm³/mol. The van der Waals surface area contributed by atoms with Crippen molar-refractivity contribution in [2.75, 3.05) is 44.6 Å². The third kappa shape index (κ3) is 8.16. The van der Waals surface area contributed by atoms with Gasteiger partial charge in [-0.1, -0.05) is 30.7 Å². The summed E-state index contributed by atoms with van der Waals surface area (Å²) in [6.45, 7) is 10.3. The number of hydrogen-bond acceptors (Lipinski definition) is 4. The molecule has 6 nitrogen and oxygen atoms in total. The van der Waals surface area contributed by atoms with Gasteiger partial charge >= 0.3 is 0 Å². The minimum atomic E-state index is -0.283. The van der Waals surface area contributed by atoms with E-state index >= 15 is 0 Å². The van der Waals surface area contributed by atoms with E-state index in [-0.39, 0.29) is 23.5 Å². The Labute approximate surface area is 247 Å². The molecule has 1 heterocycles. The van der Waals surface area contributed by atoms with Crippen molar-refractivity contribution in [3.63, 3.8) is 0 Å². The summed E-state index contributed by atoms with van der Waals surface area (Å²) < 4.78 is 33.1. The molecule has 1 saturated heterocycles. The predicted octanol–water partition coefficient (Wildman–Crippen LogP) is 6.37. The normalized spacial score (nSPS) is 13.8. The summed E-state index contributed by atoms with van der Waals surface area (Å²) >= 11 is 0. The van der Waals surface area contributed by atoms with Crippen molar-refractivity contribution >= 4 is 18.0 Å². The molecule has 0 aliphatic carbocycles. The molecule has 8 heteroatoms. The highest BCUT2D eigenvalue weighted by Gasteiger charge is 2.21. The number of nitrogens with one attached hydrogen (secondary N) is 1. The van der Waals surface area contributed by atoms with Crippen molar-refractivity contribution in [2.45, 2.75) is 52.4 Å². The summed E-state index contributed by atoms with van der Waals surface area (Å²) in [5.41, 5.74) is 5.79. The molecular formula is C34H41F2N3O3. The van der Waals surface area contributed by atoms with E-state index in [0.717, 1.165) is 78.2 Å². The number of anilines is 1. The molecule has 0 atom stereocenters. The van der Waals surface area contributed by atoms with Gasteiger partial charge in [0.05, 0.1) is 0 Å². The van der Waals surface area contributed by atoms with E-state index < -0.39 is 0 Å². The van der Waals surface area contributed by atoms with Crippen LogP contribution in [-0.4, -0.2) is 61.4 Å². The van der Waals surface area contributed by atoms with Crippen molar-refractivity contribution in [1.82, 2.24) is 9.80 Å². The summed E-state index contributed by atoms with van der Waals surface area (Å²) in [4.78, 5) is 28.1. The lowest BCUT2D eigenvalue weighted by atomic mass is 9.87. The van der Waals surface area contributed by atoms with Crippen LogP contribution in [0.4, 0.5) is 14.5 Å². The summed E-state index contributed by atoms with van der Waals surface area (Å²) in [5, 5.41) is 2.77. The third-order valence-corrected chi connectivity index (χ3v) is 8.32. The molecule has 0 saturated carbocycles. The number of amides is 2. The molecule has 42 heavy (non-hydrogen) atoms. The van der Waals surface area contributed by atoms with Gasteiger partial charge < -0.3 is 15.0 Å². The largest absolute Gasteiger partial charge is 0.492 e. The molecule has 0 spiro atoms. The Bertz CT molecular complexity index is 1290. The molecule has 0 radical (unpaired) electrons. The van der Waals surface area contributed by atoms with Gasteiger partial charge in [-0.25, -0.2) is 8.78 Å². The minimum Gasteiger partial charge on any atom is -0.492 e. The highest BCUT2D eigenvalue weighted by molar-refractivity contribution is 5.77. The fourth-order valence-electron chi connectivity index (χ4n) is 5.68. The summed E-state index contributed by atoms with van der Waals surface area (Å²) in [7, 11) is 0. The monoisotopic (exact) mass is 577 g/mol. The van der Waals surface area contributed by atoms with Crippen LogP contribution in [0.15, 0.2) is 54.6 Å². The maximum absolute atomic E-state index is 13.5. The first kappa shape index (κ1) is 31.2. The second kappa shape index (κ2) is 14.9. The van der Waals surface area contributed by atoms with Gasteiger partial charge in [0, 0.05) is 50.7 Å². The second-order valence-electron chi connectivity index (χ2n) is 11.1. The van der Waals surface area contributed by atoms with Crippen LogP contribution in [0.5, 0.6) is 5.75 Å². The number of halogens is 2. The van der Waals surface area contributed by atoms with Gasteiger partial charge in [-0.15, -0.1) is 0 Å². The Morgan fingerprint density at radius 2 is 1.50 bits per heavy atom. The molecule has 0 unspecified atom stereocenters. The van der Waals surface area contributed by atoms with E-state index in [9.17, 15) is 18.4 Å². The van der Waals surface area contributed by atoms with E-state index in [1.807, 2.05) is 31.7 Å². The molecule has 0 bridgehead atoms. The number of ether oxygens (including phenoxy) is 1. The van der Waals surface area contributed by atoms with Gasteiger partial charge in [0.25, 0.3) is 0 Å². The molecule has 2 amide bonds. The first-order chi connectivity index (χ1) is 20.3. The van der Waals surface area contributed by atoms with Crippen molar-refractivity contribution in [3.05, 3.63) is 94.0 Å². The fraction of sp³-hybridized carbons (Fsp3) is 0.412. The number of rotatable bonds is 13. The van der Waals surface area contributed by atoms with Gasteiger partial charge in [0.2, 0.25) is 12.3 Å². The lowest BCUT2D eigenvalue weighted by Crippen LogP contribution is -2.49. The van der Waals surface area contributed by atoms with Gasteiger partial charge in [-0.3, -0.25) is 14.5 Å². The van der Waals surface area contributed by atoms with Crippen LogP contribution in [0.1, 0.15) is 59.4 Å². The van der Waals surface area contributed by atoms with Crippen molar-refractivity contribution in [3.8, 4) is 5.75 Å². The number of piperazine rings is 1. The molecule has 1 fully saturated rings. The smallest absolute Gasteiger partial charge is 0.222 e. The molecule has 224 valence electrons. The molecule has 3 aromatic rings. The van der Waals surface area contributed by atoms with Crippen LogP contribution in [-0.2, 0) is 9.59 Å². The number of carbonyl (C=O) groups is 2. The van der Waals surface area contributed by atoms with Crippen molar-refractivity contribution < 1.29 is 23.1 Å². The van der Waals surface area contributed by atoms with Crippen LogP contribution in [0.2, 0.25) is 0 Å². The number of hydrogen-bond donors (Lipinski definition) is 1. The standard InChI is InChI=1S/C34H41F2N3O3/c1-24-22-32(25(2)26(3)34(24)37-23-40)42-21-20-38-16-18-39(19-17-38)33(41)7-5-4-6-31(27-8-12-29(35)13-9-27)28-10-14-30(36)15-11-28/h8-15,22-23,31H,4-7,16-21H2,1-3H3,(H,37,40). The molecular weight excluding hydrogens is 536 g/mol. The number of unbranched alkanes of at least 4 members (excludes halogenated alkanes) is 1. The van der Waals surface area contributed by atoms with E-state index in [1.165, 1.54) is 24.3 Å². The van der Waals surface area contributed by atoms with Gasteiger partial charge in [-0.05, 0) is 91.8 Å². The Morgan fingerprint density at radius 3 is 2.07 bits per heavy atom. The Balaban J connectivity index is 1.19. The van der Waals surface area contributed by atoms with Crippen LogP contribution in [0, 0.1) is 32.4 Å². The SMILES string of the molecule is Cc1cc(OCCN2CCN(C(=O)CCCCC(c3ccc(F)cc3)c3ccc(F)cc3)CC2)c(C)c(C)c1NC=O. The van der Waals surface area contributed by atoms with E-state index in [4.69, 9.17) is 4.74 Å². The lowest BCUT2D eigenvalue weighted by Gasteiger charge is -2.34. The zero-order chi connectivity index (χ0) is 30.1. The maximum Gasteiger partial charge on any atom is 0.222 e. The van der Waals surface area contributed by atoms with Crippen LogP contribution >= 0.6 is 0 Å². The number of carbonyl (C=O) groups excluding carboxylic acids is 2. The summed E-state index contributed by atoms with van der Waals surface area (Å²) in [6.07, 6.45) is 3.60. The summed E-state index contributed by atoms with van der Waals surface area (Å²) in [6, 6.07) is 14.9. The average molecular weight is 578 g/mol. The average Bonchev–Trinajstić information content (AvgIpc) is 2.99. The van der Waals surface area contributed by atoms with Crippen LogP contribution < -0.4 is 10.1 Å². The summed E-state index contributed by atoms with van der Waals surface area (Å²) in [5.74, 6) is 0.465. The third-order valence-electron chi connectivity index (χ3n) is 8.32. The van der Waals surface area contributed by atoms with E-state index in [1.54, 1.807) is 24.3 Å². The van der Waals surface area contributed by atoms with Crippen LogP contribution in [0.3, 0.4) is 0 Å². The molecule has 3 aromatic carbocycles. The van der Waals surface area contributed by atoms with Gasteiger partial charge in [-0.2, -0.15) is 0 Å². The maximum atomic E-state index is 13.5. The second-order valence-corrected chi connectivity index (χ2v) is 11.1. The Hall–Kier alpha value is -3.78. The highest BCUT2D eigenvalue weighted by atomic mass is 19.1. The number of aryl methyl sites for hydroxylation is 1. The van der Waals surface area contributed by atoms with Crippen molar-refractivity contribution in [2.24, 2.45) is 0 Å². The molecule has 1 aliphatic rings. The van der Waals surface area contributed by atoms with E-state index in [0.29, 0.717) is 32.5 Å². The van der Waals surface area contributed by atoms with Crippen LogP contribution in [0.25, 0.3) is 0 Å². The molecule has 0 aromatic heterocycles. The molecule has 1 aliphatic heterocycles. The van der Waals surface area contributed by atoms with E-state index in [2.05, 4.69) is 10.2 Å². The number of nitrogens with zero attached hydrogens (tertiary/aromatic N) is 2. The Kier molecular flexibility index (Phi) is 11.1. The topological polar surface area (TPSA) is 61.9 Å². The fourth-order valence-corrected chi connectivity index (χ4v) is 5.68.